The molecule has 2 heterocycles. The van der Waals surface area contributed by atoms with Gasteiger partial charge in [0.1, 0.15) is 11.9 Å². The van der Waals surface area contributed by atoms with E-state index in [1.165, 1.54) is 6.33 Å². The number of hydrogen-bond donors (Lipinski definition) is 1. The highest BCUT2D eigenvalue weighted by atomic mass is 16.6. The van der Waals surface area contributed by atoms with Gasteiger partial charge < -0.3 is 19.7 Å². The van der Waals surface area contributed by atoms with E-state index < -0.39 is 5.60 Å². The summed E-state index contributed by atoms with van der Waals surface area (Å²) in [6.45, 7) is 8.85. The van der Waals surface area contributed by atoms with Crippen molar-refractivity contribution in [1.82, 2.24) is 14.9 Å². The summed E-state index contributed by atoms with van der Waals surface area (Å²) in [4.78, 5) is 22.2. The molecule has 2 rings (SSSR count). The molecule has 1 aliphatic heterocycles. The molecule has 1 aliphatic rings. The Hall–Kier alpha value is -2.05. The molecule has 23 heavy (non-hydrogen) atoms. The minimum absolute atomic E-state index is 0.244. The molecule has 0 atom stereocenters. The Morgan fingerprint density at radius 3 is 2.52 bits per heavy atom. The monoisotopic (exact) mass is 322 g/mol. The minimum atomic E-state index is -0.460. The zero-order chi connectivity index (χ0) is 17.0. The zero-order valence-corrected chi connectivity index (χ0v) is 14.5. The van der Waals surface area contributed by atoms with Crippen LogP contribution in [0.3, 0.4) is 0 Å². The number of carbonyl (C=O) groups is 1. The summed E-state index contributed by atoms with van der Waals surface area (Å²) in [5, 5.41) is 3.39. The van der Waals surface area contributed by atoms with Crippen LogP contribution in [0, 0.1) is 6.92 Å². The Bertz CT molecular complexity index is 549. The number of ether oxygens (including phenoxy) is 2. The molecule has 0 saturated carbocycles. The quantitative estimate of drug-likeness (QED) is 0.922. The average molecular weight is 322 g/mol. The van der Waals surface area contributed by atoms with E-state index in [0.29, 0.717) is 24.7 Å². The summed E-state index contributed by atoms with van der Waals surface area (Å²) in [5.74, 6) is 1.37. The van der Waals surface area contributed by atoms with E-state index >= 15 is 0 Å². The van der Waals surface area contributed by atoms with Crippen molar-refractivity contribution in [2.45, 2.75) is 52.2 Å². The van der Waals surface area contributed by atoms with E-state index in [1.807, 2.05) is 27.7 Å². The highest BCUT2D eigenvalue weighted by molar-refractivity contribution is 5.68. The third kappa shape index (κ3) is 4.71. The molecule has 0 bridgehead atoms. The first-order valence-corrected chi connectivity index (χ1v) is 7.90. The lowest BCUT2D eigenvalue weighted by Crippen LogP contribution is -2.44. The SMILES string of the molecule is COc1c(C)ncnc1NC1CCN(C(=O)OC(C)(C)C)CC1. The van der Waals surface area contributed by atoms with Gasteiger partial charge in [-0.2, -0.15) is 0 Å². The second-order valence-corrected chi connectivity index (χ2v) is 6.73. The average Bonchev–Trinajstić information content (AvgIpc) is 2.46. The van der Waals surface area contributed by atoms with Crippen LogP contribution in [0.5, 0.6) is 5.75 Å². The lowest BCUT2D eigenvalue weighted by molar-refractivity contribution is 0.0210. The Morgan fingerprint density at radius 1 is 1.30 bits per heavy atom. The van der Waals surface area contributed by atoms with Crippen LogP contribution < -0.4 is 10.1 Å². The Kier molecular flexibility index (Phi) is 5.28. The molecule has 7 heteroatoms. The van der Waals surface area contributed by atoms with Gasteiger partial charge in [-0.05, 0) is 40.5 Å². The fourth-order valence-electron chi connectivity index (χ4n) is 2.54. The number of piperidine rings is 1. The Labute approximate surface area is 137 Å². The number of amides is 1. The van der Waals surface area contributed by atoms with Crippen molar-refractivity contribution in [2.24, 2.45) is 0 Å². The van der Waals surface area contributed by atoms with Gasteiger partial charge in [0.2, 0.25) is 0 Å². The molecular formula is C16H26N4O3. The number of carbonyl (C=O) groups excluding carboxylic acids is 1. The molecule has 1 fully saturated rings. The number of hydrogen-bond acceptors (Lipinski definition) is 6. The van der Waals surface area contributed by atoms with Crippen molar-refractivity contribution in [1.29, 1.82) is 0 Å². The normalized spacial score (nSPS) is 16.1. The molecular weight excluding hydrogens is 296 g/mol. The molecule has 7 nitrogen and oxygen atoms in total. The number of nitrogens with one attached hydrogen (secondary N) is 1. The fraction of sp³-hybridized carbons (Fsp3) is 0.688. The standard InChI is InChI=1S/C16H26N4O3/c1-11-13(22-5)14(18-10-17-11)19-12-6-8-20(9-7-12)15(21)23-16(2,3)4/h10,12H,6-9H2,1-5H3,(H,17,18,19). The summed E-state index contributed by atoms with van der Waals surface area (Å²) in [5.41, 5.74) is 0.342. The predicted octanol–water partition coefficient (Wildman–Crippen LogP) is 2.61. The maximum Gasteiger partial charge on any atom is 0.410 e. The topological polar surface area (TPSA) is 76.6 Å². The number of anilines is 1. The summed E-state index contributed by atoms with van der Waals surface area (Å²) in [6.07, 6.45) is 2.96. The van der Waals surface area contributed by atoms with Gasteiger partial charge in [0.15, 0.2) is 11.6 Å². The number of aryl methyl sites for hydroxylation is 1. The lowest BCUT2D eigenvalue weighted by Gasteiger charge is -2.34. The van der Waals surface area contributed by atoms with E-state index in [-0.39, 0.29) is 12.1 Å². The van der Waals surface area contributed by atoms with Gasteiger partial charge in [-0.3, -0.25) is 0 Å². The van der Waals surface area contributed by atoms with Crippen LogP contribution in [0.25, 0.3) is 0 Å². The summed E-state index contributed by atoms with van der Waals surface area (Å²) in [7, 11) is 1.61. The smallest absolute Gasteiger partial charge is 0.410 e. The number of rotatable bonds is 3. The molecule has 0 unspecified atom stereocenters. The second kappa shape index (κ2) is 7.02. The van der Waals surface area contributed by atoms with Gasteiger partial charge >= 0.3 is 6.09 Å². The number of nitrogens with zero attached hydrogens (tertiary/aromatic N) is 3. The fourth-order valence-corrected chi connectivity index (χ4v) is 2.54. The first-order valence-electron chi connectivity index (χ1n) is 7.90. The van der Waals surface area contributed by atoms with Gasteiger partial charge in [-0.15, -0.1) is 0 Å². The Morgan fingerprint density at radius 2 is 1.96 bits per heavy atom. The van der Waals surface area contributed by atoms with Gasteiger partial charge in [0.05, 0.1) is 12.8 Å². The van der Waals surface area contributed by atoms with E-state index in [1.54, 1.807) is 12.0 Å². The number of methoxy groups -OCH3 is 1. The highest BCUT2D eigenvalue weighted by Gasteiger charge is 2.27. The third-order valence-electron chi connectivity index (χ3n) is 3.67. The third-order valence-corrected chi connectivity index (χ3v) is 3.67. The number of aromatic nitrogens is 2. The second-order valence-electron chi connectivity index (χ2n) is 6.73. The first-order chi connectivity index (χ1) is 10.8. The maximum atomic E-state index is 12.1. The molecule has 0 aromatic carbocycles. The van der Waals surface area contributed by atoms with Crippen LogP contribution in [0.15, 0.2) is 6.33 Å². The molecule has 1 aromatic heterocycles. The van der Waals surface area contributed by atoms with Gasteiger partial charge in [0, 0.05) is 19.1 Å². The molecule has 1 N–H and O–H groups in total. The molecule has 128 valence electrons. The molecule has 1 aromatic rings. The summed E-state index contributed by atoms with van der Waals surface area (Å²) < 4.78 is 10.8. The van der Waals surface area contributed by atoms with Crippen molar-refractivity contribution in [3.05, 3.63) is 12.0 Å². The highest BCUT2D eigenvalue weighted by Crippen LogP contribution is 2.26. The van der Waals surface area contributed by atoms with Crippen molar-refractivity contribution in [3.8, 4) is 5.75 Å². The van der Waals surface area contributed by atoms with Gasteiger partial charge in [-0.1, -0.05) is 0 Å². The zero-order valence-electron chi connectivity index (χ0n) is 14.5. The van der Waals surface area contributed by atoms with Crippen LogP contribution in [0.4, 0.5) is 10.6 Å². The van der Waals surface area contributed by atoms with E-state index in [9.17, 15) is 4.79 Å². The van der Waals surface area contributed by atoms with Crippen LogP contribution >= 0.6 is 0 Å². The van der Waals surface area contributed by atoms with Crippen LogP contribution in [0.1, 0.15) is 39.3 Å². The van der Waals surface area contributed by atoms with Crippen molar-refractivity contribution < 1.29 is 14.3 Å². The summed E-state index contributed by atoms with van der Waals surface area (Å²) in [6, 6.07) is 0.247. The lowest BCUT2D eigenvalue weighted by atomic mass is 10.1. The minimum Gasteiger partial charge on any atom is -0.491 e. The summed E-state index contributed by atoms with van der Waals surface area (Å²) >= 11 is 0. The van der Waals surface area contributed by atoms with Crippen molar-refractivity contribution in [3.63, 3.8) is 0 Å². The van der Waals surface area contributed by atoms with Gasteiger partial charge in [0.25, 0.3) is 0 Å². The van der Waals surface area contributed by atoms with Crippen LogP contribution in [0.2, 0.25) is 0 Å². The Balaban J connectivity index is 1.90. The molecule has 0 aliphatic carbocycles. The van der Waals surface area contributed by atoms with Gasteiger partial charge in [-0.25, -0.2) is 14.8 Å². The molecule has 1 amide bonds. The van der Waals surface area contributed by atoms with E-state index in [0.717, 1.165) is 18.5 Å². The maximum absolute atomic E-state index is 12.1. The van der Waals surface area contributed by atoms with E-state index in [4.69, 9.17) is 9.47 Å². The van der Waals surface area contributed by atoms with Crippen molar-refractivity contribution >= 4 is 11.9 Å². The van der Waals surface area contributed by atoms with Crippen LogP contribution in [-0.2, 0) is 4.74 Å². The first kappa shape index (κ1) is 17.3. The molecule has 0 radical (unpaired) electrons. The molecule has 0 spiro atoms. The van der Waals surface area contributed by atoms with Crippen molar-refractivity contribution in [2.75, 3.05) is 25.5 Å². The number of likely N-dealkylation sites (tertiary alicyclic amines) is 1. The van der Waals surface area contributed by atoms with E-state index in [2.05, 4.69) is 15.3 Å². The van der Waals surface area contributed by atoms with Crippen LogP contribution in [-0.4, -0.2) is 52.8 Å². The predicted molar refractivity (Wildman–Crippen MR) is 87.8 cm³/mol. The largest absolute Gasteiger partial charge is 0.491 e. The molecule has 1 saturated heterocycles.